The number of imidazole rings is 1. The zero-order valence-corrected chi connectivity index (χ0v) is 12.6. The van der Waals surface area contributed by atoms with Gasteiger partial charge in [-0.15, -0.1) is 11.3 Å². The molecule has 0 aliphatic carbocycles. The quantitative estimate of drug-likeness (QED) is 0.793. The Hall–Kier alpha value is -0.690. The third kappa shape index (κ3) is 4.20. The zero-order chi connectivity index (χ0) is 12.8. The van der Waals surface area contributed by atoms with Gasteiger partial charge in [0.05, 0.1) is 29.0 Å². The van der Waals surface area contributed by atoms with Crippen LogP contribution in [0.1, 0.15) is 10.6 Å². The van der Waals surface area contributed by atoms with Gasteiger partial charge in [-0.2, -0.15) is 0 Å². The van der Waals surface area contributed by atoms with Crippen LogP contribution in [0.3, 0.4) is 0 Å². The van der Waals surface area contributed by atoms with Gasteiger partial charge in [-0.1, -0.05) is 0 Å². The van der Waals surface area contributed by atoms with E-state index >= 15 is 0 Å². The molecule has 0 atom stereocenters. The van der Waals surface area contributed by atoms with Crippen LogP contribution in [0.5, 0.6) is 0 Å². The van der Waals surface area contributed by atoms with Crippen LogP contribution in [0.25, 0.3) is 0 Å². The number of halogens is 1. The van der Waals surface area contributed by atoms with Gasteiger partial charge in [-0.25, -0.2) is 4.98 Å². The maximum Gasteiger partial charge on any atom is 0.0953 e. The van der Waals surface area contributed by atoms with Crippen molar-refractivity contribution in [2.45, 2.75) is 13.1 Å². The van der Waals surface area contributed by atoms with Crippen molar-refractivity contribution >= 4 is 27.3 Å². The topological polar surface area (TPSA) is 39.1 Å². The molecule has 4 nitrogen and oxygen atoms in total. The van der Waals surface area contributed by atoms with Crippen molar-refractivity contribution in [2.24, 2.45) is 0 Å². The van der Waals surface area contributed by atoms with E-state index in [1.165, 1.54) is 8.66 Å². The first kappa shape index (κ1) is 13.7. The fourth-order valence-electron chi connectivity index (χ4n) is 1.59. The van der Waals surface area contributed by atoms with E-state index in [4.69, 9.17) is 4.74 Å². The summed E-state index contributed by atoms with van der Waals surface area (Å²) in [6.07, 6.45) is 3.95. The first-order valence-corrected chi connectivity index (χ1v) is 7.33. The van der Waals surface area contributed by atoms with Crippen molar-refractivity contribution in [1.82, 2.24) is 14.9 Å². The SMILES string of the molecule is COCCNCc1cn(Cc2ccc(Br)s2)cn1. The van der Waals surface area contributed by atoms with E-state index in [9.17, 15) is 0 Å². The van der Waals surface area contributed by atoms with E-state index in [0.717, 1.165) is 31.9 Å². The second-order valence-corrected chi connectivity index (χ2v) is 6.46. The highest BCUT2D eigenvalue weighted by Crippen LogP contribution is 2.22. The molecule has 6 heteroatoms. The van der Waals surface area contributed by atoms with Crippen LogP contribution in [0.15, 0.2) is 28.4 Å². The molecule has 0 fully saturated rings. The van der Waals surface area contributed by atoms with Crippen molar-refractivity contribution in [3.05, 3.63) is 39.0 Å². The van der Waals surface area contributed by atoms with Crippen LogP contribution in [-0.4, -0.2) is 29.8 Å². The summed E-state index contributed by atoms with van der Waals surface area (Å²) >= 11 is 5.22. The lowest BCUT2D eigenvalue weighted by Gasteiger charge is -2.01. The molecule has 0 spiro atoms. The summed E-state index contributed by atoms with van der Waals surface area (Å²) in [6, 6.07) is 4.20. The van der Waals surface area contributed by atoms with Crippen LogP contribution in [0.4, 0.5) is 0 Å². The average molecular weight is 330 g/mol. The number of hydrogen-bond donors (Lipinski definition) is 1. The number of methoxy groups -OCH3 is 1. The fourth-order valence-corrected chi connectivity index (χ4v) is 3.08. The van der Waals surface area contributed by atoms with E-state index in [2.05, 4.69) is 49.1 Å². The van der Waals surface area contributed by atoms with Crippen LogP contribution in [0.2, 0.25) is 0 Å². The Morgan fingerprint density at radius 1 is 1.50 bits per heavy atom. The van der Waals surface area contributed by atoms with Gasteiger partial charge in [0.15, 0.2) is 0 Å². The van der Waals surface area contributed by atoms with Crippen molar-refractivity contribution in [3.8, 4) is 0 Å². The minimum atomic E-state index is 0.726. The Bertz CT molecular complexity index is 483. The summed E-state index contributed by atoms with van der Waals surface area (Å²) in [5.41, 5.74) is 1.06. The van der Waals surface area contributed by atoms with Crippen LogP contribution in [0, 0.1) is 0 Å². The highest BCUT2D eigenvalue weighted by Gasteiger charge is 2.01. The Labute approximate surface area is 119 Å². The van der Waals surface area contributed by atoms with E-state index in [0.29, 0.717) is 0 Å². The number of nitrogens with one attached hydrogen (secondary N) is 1. The summed E-state index contributed by atoms with van der Waals surface area (Å²) < 4.78 is 8.24. The van der Waals surface area contributed by atoms with Crippen molar-refractivity contribution < 1.29 is 4.74 Å². The molecule has 2 rings (SSSR count). The van der Waals surface area contributed by atoms with Crippen molar-refractivity contribution in [1.29, 1.82) is 0 Å². The summed E-state index contributed by atoms with van der Waals surface area (Å²) in [5.74, 6) is 0. The second kappa shape index (κ2) is 7.04. The molecule has 0 saturated heterocycles. The predicted molar refractivity (Wildman–Crippen MR) is 76.9 cm³/mol. The van der Waals surface area contributed by atoms with Crippen LogP contribution < -0.4 is 5.32 Å². The highest BCUT2D eigenvalue weighted by molar-refractivity contribution is 9.11. The van der Waals surface area contributed by atoms with Crippen LogP contribution >= 0.6 is 27.3 Å². The molecule has 2 heterocycles. The Morgan fingerprint density at radius 3 is 3.11 bits per heavy atom. The first-order chi connectivity index (χ1) is 8.78. The molecule has 0 aromatic carbocycles. The van der Waals surface area contributed by atoms with Gasteiger partial charge >= 0.3 is 0 Å². The monoisotopic (exact) mass is 329 g/mol. The molecular weight excluding hydrogens is 314 g/mol. The third-order valence-corrected chi connectivity index (χ3v) is 4.05. The molecule has 0 saturated carbocycles. The maximum atomic E-state index is 4.98. The molecule has 1 N–H and O–H groups in total. The molecule has 0 aliphatic rings. The number of aromatic nitrogens is 2. The molecule has 0 unspecified atom stereocenters. The van der Waals surface area contributed by atoms with Gasteiger partial charge in [0.25, 0.3) is 0 Å². The molecule has 0 radical (unpaired) electrons. The number of rotatable bonds is 7. The molecule has 0 aliphatic heterocycles. The molecular formula is C12H16BrN3OS. The van der Waals surface area contributed by atoms with Gasteiger partial charge in [-0.05, 0) is 28.1 Å². The van der Waals surface area contributed by atoms with Gasteiger partial charge in [0, 0.05) is 31.3 Å². The van der Waals surface area contributed by atoms with E-state index in [1.807, 2.05) is 6.33 Å². The van der Waals surface area contributed by atoms with Crippen molar-refractivity contribution in [3.63, 3.8) is 0 Å². The smallest absolute Gasteiger partial charge is 0.0953 e. The zero-order valence-electron chi connectivity index (χ0n) is 10.2. The minimum Gasteiger partial charge on any atom is -0.383 e. The molecule has 2 aromatic heterocycles. The third-order valence-electron chi connectivity index (χ3n) is 2.44. The number of nitrogens with zero attached hydrogens (tertiary/aromatic N) is 2. The van der Waals surface area contributed by atoms with E-state index < -0.39 is 0 Å². The predicted octanol–water partition coefficient (Wildman–Crippen LogP) is 2.49. The standard InChI is InChI=1S/C12H16BrN3OS/c1-17-5-4-14-6-10-7-16(9-15-10)8-11-2-3-12(13)18-11/h2-3,7,9,14H,4-6,8H2,1H3. The molecule has 2 aromatic rings. The lowest BCUT2D eigenvalue weighted by atomic mass is 10.4. The largest absolute Gasteiger partial charge is 0.383 e. The average Bonchev–Trinajstić information content (AvgIpc) is 2.95. The summed E-state index contributed by atoms with van der Waals surface area (Å²) in [6.45, 7) is 3.23. The summed E-state index contributed by atoms with van der Waals surface area (Å²) in [5, 5.41) is 3.28. The minimum absolute atomic E-state index is 0.726. The normalized spacial score (nSPS) is 11.0. The summed E-state index contributed by atoms with van der Waals surface area (Å²) in [4.78, 5) is 5.69. The number of hydrogen-bond acceptors (Lipinski definition) is 4. The lowest BCUT2D eigenvalue weighted by Crippen LogP contribution is -2.18. The summed E-state index contributed by atoms with van der Waals surface area (Å²) in [7, 11) is 1.70. The molecule has 0 bridgehead atoms. The van der Waals surface area contributed by atoms with E-state index in [1.54, 1.807) is 18.4 Å². The van der Waals surface area contributed by atoms with Gasteiger partial charge < -0.3 is 14.6 Å². The number of ether oxygens (including phenoxy) is 1. The Balaban J connectivity index is 1.82. The Kier molecular flexibility index (Phi) is 5.37. The van der Waals surface area contributed by atoms with E-state index in [-0.39, 0.29) is 0 Å². The molecule has 18 heavy (non-hydrogen) atoms. The Morgan fingerprint density at radius 2 is 2.39 bits per heavy atom. The first-order valence-electron chi connectivity index (χ1n) is 5.72. The fraction of sp³-hybridized carbons (Fsp3) is 0.417. The molecule has 0 amide bonds. The second-order valence-electron chi connectivity index (χ2n) is 3.91. The van der Waals surface area contributed by atoms with Crippen molar-refractivity contribution in [2.75, 3.05) is 20.3 Å². The van der Waals surface area contributed by atoms with Gasteiger partial charge in [0.1, 0.15) is 0 Å². The maximum absolute atomic E-state index is 4.98. The molecule has 98 valence electrons. The van der Waals surface area contributed by atoms with Crippen LogP contribution in [-0.2, 0) is 17.8 Å². The van der Waals surface area contributed by atoms with Gasteiger partial charge in [0.2, 0.25) is 0 Å². The lowest BCUT2D eigenvalue weighted by molar-refractivity contribution is 0.199. The highest BCUT2D eigenvalue weighted by atomic mass is 79.9. The van der Waals surface area contributed by atoms with Gasteiger partial charge in [-0.3, -0.25) is 0 Å². The number of thiophene rings is 1.